The van der Waals surface area contributed by atoms with E-state index in [1.807, 2.05) is 18.2 Å². The molecule has 14 rings (SSSR count). The first-order valence-electron chi connectivity index (χ1n) is 23.6. The maximum atomic E-state index is 7.11. The maximum Gasteiger partial charge on any atom is 0.143 e. The molecule has 2 aromatic heterocycles. The number of furan rings is 2. The summed E-state index contributed by atoms with van der Waals surface area (Å²) in [4.78, 5) is 2.34. The third kappa shape index (κ3) is 6.36. The van der Waals surface area contributed by atoms with Gasteiger partial charge in [0.05, 0.1) is 0 Å². The Balaban J connectivity index is 0.963. The predicted molar refractivity (Wildman–Crippen MR) is 290 cm³/mol. The lowest BCUT2D eigenvalue weighted by Gasteiger charge is -2.26. The fraction of sp³-hybridized carbons (Fsp3) is 0. The minimum absolute atomic E-state index is 0.835. The van der Waals surface area contributed by atoms with Crippen molar-refractivity contribution in [1.29, 1.82) is 0 Å². The van der Waals surface area contributed by atoms with Gasteiger partial charge in [0.25, 0.3) is 0 Å². The van der Waals surface area contributed by atoms with E-state index >= 15 is 0 Å². The van der Waals surface area contributed by atoms with Gasteiger partial charge in [-0.1, -0.05) is 182 Å². The van der Waals surface area contributed by atoms with Crippen LogP contribution in [0.3, 0.4) is 0 Å². The van der Waals surface area contributed by atoms with Gasteiger partial charge in [0.1, 0.15) is 22.3 Å². The van der Waals surface area contributed by atoms with E-state index in [0.717, 1.165) is 83.2 Å². The molecule has 0 radical (unpaired) electrons. The number of rotatable bonds is 7. The first kappa shape index (κ1) is 39.0. The van der Waals surface area contributed by atoms with E-state index in [0.29, 0.717) is 0 Å². The Bertz CT molecular complexity index is 4140. The Hall–Kier alpha value is -9.18. The van der Waals surface area contributed by atoms with Crippen molar-refractivity contribution in [3.8, 4) is 44.5 Å². The topological polar surface area (TPSA) is 29.5 Å². The zero-order chi connectivity index (χ0) is 45.4. The molecule has 0 atom stereocenters. The highest BCUT2D eigenvalue weighted by Gasteiger charge is 2.23. The Kier molecular flexibility index (Phi) is 8.90. The summed E-state index contributed by atoms with van der Waals surface area (Å²) in [6.07, 6.45) is 0. The van der Waals surface area contributed by atoms with Crippen LogP contribution in [0.25, 0.3) is 121 Å². The third-order valence-corrected chi connectivity index (χ3v) is 14.1. The lowest BCUT2D eigenvalue weighted by molar-refractivity contribution is 0.663. The van der Waals surface area contributed by atoms with Gasteiger partial charge < -0.3 is 13.7 Å². The molecule has 0 N–H and O–H groups in total. The molecule has 2 heterocycles. The molecule has 12 aromatic carbocycles. The normalized spacial score (nSPS) is 11.8. The van der Waals surface area contributed by atoms with Crippen molar-refractivity contribution in [2.75, 3.05) is 4.90 Å². The predicted octanol–water partition coefficient (Wildman–Crippen LogP) is 19.1. The molecular formula is C66H41NO2. The van der Waals surface area contributed by atoms with E-state index in [1.165, 1.54) is 54.6 Å². The number of para-hydroxylation sites is 1. The van der Waals surface area contributed by atoms with Gasteiger partial charge in [0.15, 0.2) is 0 Å². The highest BCUT2D eigenvalue weighted by atomic mass is 16.3. The summed E-state index contributed by atoms with van der Waals surface area (Å²) in [5, 5.41) is 11.7. The Morgan fingerprint density at radius 1 is 0.246 bits per heavy atom. The van der Waals surface area contributed by atoms with Crippen LogP contribution >= 0.6 is 0 Å². The van der Waals surface area contributed by atoms with Crippen molar-refractivity contribution >= 4 is 93.3 Å². The van der Waals surface area contributed by atoms with E-state index < -0.39 is 0 Å². The van der Waals surface area contributed by atoms with E-state index in [9.17, 15) is 0 Å². The van der Waals surface area contributed by atoms with Gasteiger partial charge >= 0.3 is 0 Å². The van der Waals surface area contributed by atoms with Crippen LogP contribution in [0.4, 0.5) is 17.1 Å². The van der Waals surface area contributed by atoms with E-state index in [-0.39, 0.29) is 0 Å². The summed E-state index contributed by atoms with van der Waals surface area (Å²) in [6, 6.07) is 89.4. The van der Waals surface area contributed by atoms with E-state index in [1.54, 1.807) is 0 Å². The number of hydrogen-bond donors (Lipinski definition) is 0. The second kappa shape index (κ2) is 15.7. The Labute approximate surface area is 398 Å². The first-order chi connectivity index (χ1) is 34.2. The smallest absolute Gasteiger partial charge is 0.143 e. The fourth-order valence-corrected chi connectivity index (χ4v) is 10.8. The largest absolute Gasteiger partial charge is 0.456 e. The number of anilines is 3. The van der Waals surface area contributed by atoms with Gasteiger partial charge in [-0.15, -0.1) is 0 Å². The van der Waals surface area contributed by atoms with Crippen molar-refractivity contribution in [1.82, 2.24) is 0 Å². The molecule has 69 heavy (non-hydrogen) atoms. The standard InChI is InChI=1S/C66H41NO2/c1-3-13-42(14-4-1)44-23-30-48(31-24-44)67(49-32-25-45(26-33-49)43-15-5-2-6-16-43)50-34-27-46(28-35-50)51-37-38-58-65-62(40-39-61-64(65)57-21-11-12-22-60(57)68-61)69-66(58)63(51)47-29-36-56-54-19-8-7-17-52(54)53-18-9-10-20-55(53)59(56)41-47/h1-41H. The lowest BCUT2D eigenvalue weighted by atomic mass is 9.88. The van der Waals surface area contributed by atoms with Gasteiger partial charge in [-0.2, -0.15) is 0 Å². The molecule has 0 aliphatic rings. The Morgan fingerprint density at radius 2 is 0.652 bits per heavy atom. The zero-order valence-corrected chi connectivity index (χ0v) is 37.4. The SMILES string of the molecule is c1ccc(-c2ccc(N(c3ccc(-c4ccccc4)cc3)c3ccc(-c4ccc5c(oc6ccc7oc8ccccc8c7c65)c4-c4ccc5c6ccccc6c6ccccc6c5c4)cc3)cc2)cc1. The fourth-order valence-electron chi connectivity index (χ4n) is 10.8. The van der Waals surface area contributed by atoms with Gasteiger partial charge in [-0.3, -0.25) is 0 Å². The molecule has 3 heteroatoms. The molecular weight excluding hydrogens is 839 g/mol. The molecule has 14 aromatic rings. The average molecular weight is 880 g/mol. The minimum Gasteiger partial charge on any atom is -0.456 e. The second-order valence-corrected chi connectivity index (χ2v) is 17.9. The van der Waals surface area contributed by atoms with Crippen molar-refractivity contribution < 1.29 is 8.83 Å². The van der Waals surface area contributed by atoms with Crippen LogP contribution in [0.2, 0.25) is 0 Å². The first-order valence-corrected chi connectivity index (χ1v) is 23.6. The average Bonchev–Trinajstić information content (AvgIpc) is 4.00. The molecule has 0 aliphatic heterocycles. The number of hydrogen-bond acceptors (Lipinski definition) is 3. The van der Waals surface area contributed by atoms with Crippen LogP contribution in [-0.4, -0.2) is 0 Å². The highest BCUT2D eigenvalue weighted by Crippen LogP contribution is 2.48. The summed E-state index contributed by atoms with van der Waals surface area (Å²) in [6.45, 7) is 0. The number of fused-ring (bicyclic) bond motifs is 13. The summed E-state index contributed by atoms with van der Waals surface area (Å²) < 4.78 is 13.5. The summed E-state index contributed by atoms with van der Waals surface area (Å²) in [5.74, 6) is 0. The van der Waals surface area contributed by atoms with Crippen LogP contribution in [-0.2, 0) is 0 Å². The van der Waals surface area contributed by atoms with Gasteiger partial charge in [0, 0.05) is 44.2 Å². The van der Waals surface area contributed by atoms with Gasteiger partial charge in [0.2, 0.25) is 0 Å². The summed E-state index contributed by atoms with van der Waals surface area (Å²) >= 11 is 0. The van der Waals surface area contributed by atoms with Crippen molar-refractivity contribution in [2.24, 2.45) is 0 Å². The van der Waals surface area contributed by atoms with Crippen molar-refractivity contribution in [3.63, 3.8) is 0 Å². The molecule has 0 spiro atoms. The molecule has 0 bridgehead atoms. The highest BCUT2D eigenvalue weighted by molar-refractivity contribution is 6.29. The van der Waals surface area contributed by atoms with Gasteiger partial charge in [-0.05, 0) is 138 Å². The molecule has 0 fully saturated rings. The maximum absolute atomic E-state index is 7.11. The van der Waals surface area contributed by atoms with E-state index in [4.69, 9.17) is 8.83 Å². The molecule has 322 valence electrons. The molecule has 3 nitrogen and oxygen atoms in total. The Morgan fingerprint density at radius 3 is 1.22 bits per heavy atom. The lowest BCUT2D eigenvalue weighted by Crippen LogP contribution is -2.09. The molecule has 0 aliphatic carbocycles. The van der Waals surface area contributed by atoms with Gasteiger partial charge in [-0.25, -0.2) is 0 Å². The molecule has 0 amide bonds. The monoisotopic (exact) mass is 879 g/mol. The minimum atomic E-state index is 0.835. The van der Waals surface area contributed by atoms with Crippen LogP contribution in [0.5, 0.6) is 0 Å². The van der Waals surface area contributed by atoms with Crippen LogP contribution in [0.1, 0.15) is 0 Å². The zero-order valence-electron chi connectivity index (χ0n) is 37.4. The summed E-state index contributed by atoms with van der Waals surface area (Å²) in [5.41, 5.74) is 15.7. The third-order valence-electron chi connectivity index (χ3n) is 14.1. The number of nitrogens with zero attached hydrogens (tertiary/aromatic N) is 1. The van der Waals surface area contributed by atoms with Crippen molar-refractivity contribution in [3.05, 3.63) is 249 Å². The molecule has 0 saturated carbocycles. The quantitative estimate of drug-likeness (QED) is 0.149. The number of benzene rings is 12. The van der Waals surface area contributed by atoms with Crippen LogP contribution in [0.15, 0.2) is 258 Å². The second-order valence-electron chi connectivity index (χ2n) is 17.9. The van der Waals surface area contributed by atoms with Crippen LogP contribution < -0.4 is 4.90 Å². The van der Waals surface area contributed by atoms with Crippen LogP contribution in [0, 0.1) is 0 Å². The van der Waals surface area contributed by atoms with E-state index in [2.05, 4.69) is 235 Å². The summed E-state index contributed by atoms with van der Waals surface area (Å²) in [7, 11) is 0. The molecule has 0 saturated heterocycles. The molecule has 0 unspecified atom stereocenters. The van der Waals surface area contributed by atoms with Crippen molar-refractivity contribution in [2.45, 2.75) is 0 Å².